The molecule has 0 bridgehead atoms. The van der Waals surface area contributed by atoms with Gasteiger partial charge in [-0.2, -0.15) is 0 Å². The maximum atomic E-state index is 5.64. The summed E-state index contributed by atoms with van der Waals surface area (Å²) < 4.78 is 11.8. The quantitative estimate of drug-likeness (QED) is 0.856. The highest BCUT2D eigenvalue weighted by atomic mass is 79.9. The van der Waals surface area contributed by atoms with E-state index >= 15 is 0 Å². The van der Waals surface area contributed by atoms with Crippen LogP contribution in [0.15, 0.2) is 39.7 Å². The lowest BCUT2D eigenvalue weighted by atomic mass is 10.2. The topological polar surface area (TPSA) is 35.3 Å². The number of ether oxygens (including phenoxy) is 1. The van der Waals surface area contributed by atoms with Gasteiger partial charge in [0.2, 0.25) is 0 Å². The normalized spacial score (nSPS) is 10.8. The maximum Gasteiger partial charge on any atom is 0.181 e. The summed E-state index contributed by atoms with van der Waals surface area (Å²) in [5.74, 6) is 1.55. The molecule has 0 N–H and O–H groups in total. The number of hydrogen-bond donors (Lipinski definition) is 0. The van der Waals surface area contributed by atoms with Crippen molar-refractivity contribution in [3.05, 3.63) is 35.3 Å². The van der Waals surface area contributed by atoms with Crippen LogP contribution in [0.1, 0.15) is 13.8 Å². The van der Waals surface area contributed by atoms with E-state index in [1.807, 2.05) is 32.0 Å². The molecule has 0 radical (unpaired) electrons. The molecule has 0 saturated carbocycles. The first-order chi connectivity index (χ1) is 7.65. The van der Waals surface area contributed by atoms with E-state index in [-0.39, 0.29) is 6.10 Å². The average molecular weight is 282 g/mol. The fourth-order valence-electron chi connectivity index (χ4n) is 1.40. The molecule has 2 aromatic rings. The lowest BCUT2D eigenvalue weighted by Gasteiger charge is -2.10. The maximum absolute atomic E-state index is 5.64. The Hall–Kier alpha value is -1.29. The minimum absolute atomic E-state index is 0.150. The van der Waals surface area contributed by atoms with Crippen molar-refractivity contribution in [2.75, 3.05) is 0 Å². The average Bonchev–Trinajstić information content (AvgIpc) is 2.67. The van der Waals surface area contributed by atoms with E-state index in [0.29, 0.717) is 0 Å². The zero-order valence-corrected chi connectivity index (χ0v) is 10.7. The Morgan fingerprint density at radius 2 is 2.12 bits per heavy atom. The van der Waals surface area contributed by atoms with Crippen LogP contribution in [0.4, 0.5) is 0 Å². The Kier molecular flexibility index (Phi) is 3.29. The number of nitrogens with zero attached hydrogens (tertiary/aromatic N) is 1. The van der Waals surface area contributed by atoms with Gasteiger partial charge in [-0.25, -0.2) is 4.98 Å². The molecule has 0 fully saturated rings. The van der Waals surface area contributed by atoms with Crippen molar-refractivity contribution >= 4 is 15.9 Å². The smallest absolute Gasteiger partial charge is 0.181 e. The monoisotopic (exact) mass is 281 g/mol. The fourth-order valence-corrected chi connectivity index (χ4v) is 1.88. The molecule has 1 aromatic heterocycles. The van der Waals surface area contributed by atoms with Crippen LogP contribution in [-0.4, -0.2) is 11.1 Å². The molecule has 0 aliphatic heterocycles. The number of aromatic nitrogens is 1. The Balaban J connectivity index is 2.36. The predicted molar refractivity (Wildman–Crippen MR) is 65.4 cm³/mol. The Labute approximate surface area is 103 Å². The summed E-state index contributed by atoms with van der Waals surface area (Å²) >= 11 is 3.45. The number of benzene rings is 1. The van der Waals surface area contributed by atoms with Gasteiger partial charge < -0.3 is 9.15 Å². The second kappa shape index (κ2) is 4.70. The van der Waals surface area contributed by atoms with Crippen LogP contribution in [0.2, 0.25) is 0 Å². The molecule has 0 atom stereocenters. The highest BCUT2D eigenvalue weighted by Crippen LogP contribution is 2.28. The molecule has 0 aliphatic rings. The summed E-state index contributed by atoms with van der Waals surface area (Å²) in [5.41, 5.74) is 0.947. The molecule has 0 aliphatic carbocycles. The van der Waals surface area contributed by atoms with Gasteiger partial charge in [0.15, 0.2) is 12.2 Å². The highest BCUT2D eigenvalue weighted by molar-refractivity contribution is 9.10. The molecule has 0 saturated heterocycles. The van der Waals surface area contributed by atoms with Gasteiger partial charge in [0.25, 0.3) is 0 Å². The third kappa shape index (κ3) is 2.64. The molecule has 2 rings (SSSR count). The molecule has 3 nitrogen and oxygen atoms in total. The minimum atomic E-state index is 0.150. The van der Waals surface area contributed by atoms with Crippen LogP contribution in [0.3, 0.4) is 0 Å². The van der Waals surface area contributed by atoms with Crippen LogP contribution < -0.4 is 4.74 Å². The standard InChI is InChI=1S/C12H12BrNO2/c1-8(2)16-11-4-9(3-10(13)5-11)12-6-14-7-15-12/h3-8H,1-2H3. The summed E-state index contributed by atoms with van der Waals surface area (Å²) in [7, 11) is 0. The number of oxazole rings is 1. The van der Waals surface area contributed by atoms with E-state index in [1.165, 1.54) is 6.39 Å². The SMILES string of the molecule is CC(C)Oc1cc(Br)cc(-c2cnco2)c1. The third-order valence-corrected chi connectivity index (χ3v) is 2.42. The summed E-state index contributed by atoms with van der Waals surface area (Å²) in [4.78, 5) is 3.90. The number of hydrogen-bond acceptors (Lipinski definition) is 3. The van der Waals surface area contributed by atoms with Crippen LogP contribution in [0.25, 0.3) is 11.3 Å². The molecule has 1 aromatic carbocycles. The van der Waals surface area contributed by atoms with E-state index in [2.05, 4.69) is 20.9 Å². The largest absolute Gasteiger partial charge is 0.491 e. The number of rotatable bonds is 3. The van der Waals surface area contributed by atoms with Crippen molar-refractivity contribution in [3.8, 4) is 17.1 Å². The van der Waals surface area contributed by atoms with Crippen molar-refractivity contribution in [2.24, 2.45) is 0 Å². The van der Waals surface area contributed by atoms with E-state index in [1.54, 1.807) is 6.20 Å². The minimum Gasteiger partial charge on any atom is -0.491 e. The zero-order valence-electron chi connectivity index (χ0n) is 9.11. The molecule has 0 amide bonds. The summed E-state index contributed by atoms with van der Waals surface area (Å²) in [6, 6.07) is 5.83. The lowest BCUT2D eigenvalue weighted by molar-refractivity contribution is 0.242. The molecule has 1 heterocycles. The predicted octanol–water partition coefficient (Wildman–Crippen LogP) is 3.89. The van der Waals surface area contributed by atoms with E-state index in [0.717, 1.165) is 21.5 Å². The van der Waals surface area contributed by atoms with E-state index in [4.69, 9.17) is 9.15 Å². The Bertz CT molecular complexity index is 466. The van der Waals surface area contributed by atoms with Gasteiger partial charge in [-0.3, -0.25) is 0 Å². The van der Waals surface area contributed by atoms with Crippen LogP contribution >= 0.6 is 15.9 Å². The first-order valence-electron chi connectivity index (χ1n) is 5.01. The molecule has 4 heteroatoms. The Morgan fingerprint density at radius 3 is 2.75 bits per heavy atom. The lowest BCUT2D eigenvalue weighted by Crippen LogP contribution is -2.05. The molecular weight excluding hydrogens is 270 g/mol. The first-order valence-corrected chi connectivity index (χ1v) is 5.80. The van der Waals surface area contributed by atoms with Crippen molar-refractivity contribution in [3.63, 3.8) is 0 Å². The molecule has 0 spiro atoms. The molecule has 16 heavy (non-hydrogen) atoms. The van der Waals surface area contributed by atoms with Crippen molar-refractivity contribution < 1.29 is 9.15 Å². The van der Waals surface area contributed by atoms with Crippen LogP contribution in [0, 0.1) is 0 Å². The van der Waals surface area contributed by atoms with Gasteiger partial charge in [0, 0.05) is 10.0 Å². The third-order valence-electron chi connectivity index (χ3n) is 1.96. The van der Waals surface area contributed by atoms with Crippen LogP contribution in [0.5, 0.6) is 5.75 Å². The van der Waals surface area contributed by atoms with Gasteiger partial charge in [0.05, 0.1) is 12.3 Å². The second-order valence-electron chi connectivity index (χ2n) is 3.71. The van der Waals surface area contributed by atoms with Gasteiger partial charge in [-0.15, -0.1) is 0 Å². The van der Waals surface area contributed by atoms with Crippen molar-refractivity contribution in [1.82, 2.24) is 4.98 Å². The second-order valence-corrected chi connectivity index (χ2v) is 4.62. The first kappa shape index (κ1) is 11.2. The zero-order chi connectivity index (χ0) is 11.5. The van der Waals surface area contributed by atoms with Gasteiger partial charge >= 0.3 is 0 Å². The number of halogens is 1. The summed E-state index contributed by atoms with van der Waals surface area (Å²) in [6.45, 7) is 3.99. The van der Waals surface area contributed by atoms with Crippen molar-refractivity contribution in [2.45, 2.75) is 20.0 Å². The fraction of sp³-hybridized carbons (Fsp3) is 0.250. The van der Waals surface area contributed by atoms with E-state index in [9.17, 15) is 0 Å². The summed E-state index contributed by atoms with van der Waals surface area (Å²) in [5, 5.41) is 0. The Morgan fingerprint density at radius 1 is 1.31 bits per heavy atom. The molecular formula is C12H12BrNO2. The van der Waals surface area contributed by atoms with Crippen molar-refractivity contribution in [1.29, 1.82) is 0 Å². The van der Waals surface area contributed by atoms with Gasteiger partial charge in [-0.1, -0.05) is 15.9 Å². The van der Waals surface area contributed by atoms with E-state index < -0.39 is 0 Å². The van der Waals surface area contributed by atoms with Gasteiger partial charge in [-0.05, 0) is 32.0 Å². The van der Waals surface area contributed by atoms with Crippen LogP contribution in [-0.2, 0) is 0 Å². The van der Waals surface area contributed by atoms with Gasteiger partial charge in [0.1, 0.15) is 5.75 Å². The highest BCUT2D eigenvalue weighted by Gasteiger charge is 2.06. The molecule has 84 valence electrons. The molecule has 0 unspecified atom stereocenters. The summed E-state index contributed by atoms with van der Waals surface area (Å²) in [6.07, 6.45) is 3.25.